The third-order valence-corrected chi connectivity index (χ3v) is 4.45. The van der Waals surface area contributed by atoms with Crippen LogP contribution < -0.4 is 15.5 Å². The predicted molar refractivity (Wildman–Crippen MR) is 100 cm³/mol. The van der Waals surface area contributed by atoms with Crippen LogP contribution in [0, 0.1) is 12.7 Å². The van der Waals surface area contributed by atoms with E-state index in [0.717, 1.165) is 30.7 Å². The second kappa shape index (κ2) is 8.31. The van der Waals surface area contributed by atoms with E-state index in [1.54, 1.807) is 0 Å². The van der Waals surface area contributed by atoms with Crippen LogP contribution >= 0.6 is 11.6 Å². The Bertz CT molecular complexity index is 795. The van der Waals surface area contributed by atoms with Crippen molar-refractivity contribution in [3.63, 3.8) is 0 Å². The van der Waals surface area contributed by atoms with Gasteiger partial charge in [-0.3, -0.25) is 4.79 Å². The molecule has 3 rings (SSSR count). The molecule has 0 aliphatic carbocycles. The monoisotopic (exact) mass is 377 g/mol. The molecule has 0 atom stereocenters. The molecule has 1 aliphatic heterocycles. The maximum Gasteiger partial charge on any atom is 0.252 e. The highest BCUT2D eigenvalue weighted by Crippen LogP contribution is 2.20. The Morgan fingerprint density at radius 3 is 2.73 bits per heavy atom. The average Bonchev–Trinajstić information content (AvgIpc) is 3.13. The lowest BCUT2D eigenvalue weighted by molar-refractivity contribution is 0.0955. The second-order valence-corrected chi connectivity index (χ2v) is 6.60. The molecule has 2 aromatic rings. The third-order valence-electron chi connectivity index (χ3n) is 4.14. The van der Waals surface area contributed by atoms with Gasteiger partial charge in [0, 0.05) is 37.9 Å². The van der Waals surface area contributed by atoms with Crippen LogP contribution in [0.2, 0.25) is 5.02 Å². The van der Waals surface area contributed by atoms with E-state index in [-0.39, 0.29) is 16.5 Å². The van der Waals surface area contributed by atoms with Gasteiger partial charge in [-0.2, -0.15) is 4.98 Å². The molecule has 1 aliphatic rings. The summed E-state index contributed by atoms with van der Waals surface area (Å²) in [5.74, 6) is 0.652. The summed E-state index contributed by atoms with van der Waals surface area (Å²) in [5, 5.41) is 5.95. The number of aryl methyl sites for hydroxylation is 1. The SMILES string of the molecule is Cc1cc(N2CCCC2)nc(NCCNC(=O)c2ccc(F)cc2Cl)n1. The molecule has 1 fully saturated rings. The quantitative estimate of drug-likeness (QED) is 0.757. The fraction of sp³-hybridized carbons (Fsp3) is 0.389. The van der Waals surface area contributed by atoms with Crippen LogP contribution in [0.3, 0.4) is 0 Å². The zero-order chi connectivity index (χ0) is 18.5. The number of benzene rings is 1. The van der Waals surface area contributed by atoms with Crippen LogP contribution in [0.15, 0.2) is 24.3 Å². The van der Waals surface area contributed by atoms with Gasteiger partial charge in [0.1, 0.15) is 11.6 Å². The van der Waals surface area contributed by atoms with Gasteiger partial charge in [-0.1, -0.05) is 11.6 Å². The van der Waals surface area contributed by atoms with E-state index in [1.165, 1.54) is 25.0 Å². The number of hydrogen-bond donors (Lipinski definition) is 2. The Balaban J connectivity index is 1.52. The van der Waals surface area contributed by atoms with Crippen molar-refractivity contribution in [1.82, 2.24) is 15.3 Å². The summed E-state index contributed by atoms with van der Waals surface area (Å²) in [5.41, 5.74) is 1.14. The third kappa shape index (κ3) is 4.60. The molecule has 0 bridgehead atoms. The summed E-state index contributed by atoms with van der Waals surface area (Å²) < 4.78 is 13.0. The van der Waals surface area contributed by atoms with Crippen molar-refractivity contribution in [1.29, 1.82) is 0 Å². The minimum absolute atomic E-state index is 0.0905. The molecule has 26 heavy (non-hydrogen) atoms. The van der Waals surface area contributed by atoms with Gasteiger partial charge in [0.05, 0.1) is 10.6 Å². The molecular weight excluding hydrogens is 357 g/mol. The van der Waals surface area contributed by atoms with Gasteiger partial charge in [-0.15, -0.1) is 0 Å². The summed E-state index contributed by atoms with van der Waals surface area (Å²) in [6, 6.07) is 5.68. The van der Waals surface area contributed by atoms with Crippen LogP contribution in [0.25, 0.3) is 0 Å². The van der Waals surface area contributed by atoms with Crippen LogP contribution in [-0.2, 0) is 0 Å². The summed E-state index contributed by atoms with van der Waals surface area (Å²) in [6.45, 7) is 4.80. The molecule has 1 amide bonds. The Hall–Kier alpha value is -2.41. The maximum absolute atomic E-state index is 13.0. The highest BCUT2D eigenvalue weighted by Gasteiger charge is 2.15. The molecule has 0 radical (unpaired) electrons. The summed E-state index contributed by atoms with van der Waals surface area (Å²) in [4.78, 5) is 23.3. The first kappa shape index (κ1) is 18.4. The molecule has 1 aromatic carbocycles. The topological polar surface area (TPSA) is 70.2 Å². The number of carbonyl (C=O) groups excluding carboxylic acids is 1. The minimum Gasteiger partial charge on any atom is -0.356 e. The van der Waals surface area contributed by atoms with Crippen molar-refractivity contribution in [2.45, 2.75) is 19.8 Å². The number of hydrogen-bond acceptors (Lipinski definition) is 5. The van der Waals surface area contributed by atoms with Gasteiger partial charge in [0.2, 0.25) is 5.95 Å². The van der Waals surface area contributed by atoms with Crippen molar-refractivity contribution in [3.05, 3.63) is 46.4 Å². The smallest absolute Gasteiger partial charge is 0.252 e. The minimum atomic E-state index is -0.474. The first-order valence-corrected chi connectivity index (χ1v) is 8.98. The molecule has 138 valence electrons. The van der Waals surface area contributed by atoms with Gasteiger partial charge in [-0.05, 0) is 38.0 Å². The molecule has 1 saturated heterocycles. The van der Waals surface area contributed by atoms with E-state index in [2.05, 4.69) is 25.5 Å². The van der Waals surface area contributed by atoms with Crippen LogP contribution in [0.5, 0.6) is 0 Å². The van der Waals surface area contributed by atoms with Crippen molar-refractivity contribution in [2.24, 2.45) is 0 Å². The highest BCUT2D eigenvalue weighted by molar-refractivity contribution is 6.33. The Labute approximate surface area is 156 Å². The number of carbonyl (C=O) groups is 1. The summed E-state index contributed by atoms with van der Waals surface area (Å²) in [6.07, 6.45) is 2.37. The van der Waals surface area contributed by atoms with E-state index in [9.17, 15) is 9.18 Å². The van der Waals surface area contributed by atoms with E-state index < -0.39 is 5.82 Å². The Kier molecular flexibility index (Phi) is 5.88. The van der Waals surface area contributed by atoms with Crippen molar-refractivity contribution in [2.75, 3.05) is 36.4 Å². The van der Waals surface area contributed by atoms with Gasteiger partial charge < -0.3 is 15.5 Å². The van der Waals surface area contributed by atoms with Crippen LogP contribution in [0.1, 0.15) is 28.9 Å². The summed E-state index contributed by atoms with van der Waals surface area (Å²) >= 11 is 5.89. The number of rotatable bonds is 6. The van der Waals surface area contributed by atoms with Crippen molar-refractivity contribution >= 4 is 29.3 Å². The van der Waals surface area contributed by atoms with Crippen LogP contribution in [0.4, 0.5) is 16.2 Å². The molecular formula is C18H21ClFN5O. The molecule has 0 spiro atoms. The van der Waals surface area contributed by atoms with Crippen molar-refractivity contribution < 1.29 is 9.18 Å². The first-order chi connectivity index (χ1) is 12.5. The van der Waals surface area contributed by atoms with E-state index in [0.29, 0.717) is 19.0 Å². The molecule has 2 N–H and O–H groups in total. The zero-order valence-corrected chi connectivity index (χ0v) is 15.3. The predicted octanol–water partition coefficient (Wildman–Crippen LogP) is 3.02. The van der Waals surface area contributed by atoms with E-state index in [1.807, 2.05) is 13.0 Å². The number of anilines is 2. The number of nitrogens with zero attached hydrogens (tertiary/aromatic N) is 3. The van der Waals surface area contributed by atoms with E-state index in [4.69, 9.17) is 11.6 Å². The Morgan fingerprint density at radius 1 is 1.23 bits per heavy atom. The molecule has 2 heterocycles. The summed E-state index contributed by atoms with van der Waals surface area (Å²) in [7, 11) is 0. The van der Waals surface area contributed by atoms with E-state index >= 15 is 0 Å². The van der Waals surface area contributed by atoms with Crippen LogP contribution in [-0.4, -0.2) is 42.1 Å². The molecule has 8 heteroatoms. The molecule has 6 nitrogen and oxygen atoms in total. The maximum atomic E-state index is 13.0. The second-order valence-electron chi connectivity index (χ2n) is 6.19. The zero-order valence-electron chi connectivity index (χ0n) is 14.6. The standard InChI is InChI=1S/C18H21ClFN5O/c1-12-10-16(25-8-2-3-9-25)24-18(23-12)22-7-6-21-17(26)14-5-4-13(20)11-15(14)19/h4-5,10-11H,2-3,6-9H2,1H3,(H,21,26)(H,22,23,24). The van der Waals surface area contributed by atoms with Gasteiger partial charge in [0.15, 0.2) is 0 Å². The van der Waals surface area contributed by atoms with Gasteiger partial charge in [0.25, 0.3) is 5.91 Å². The number of nitrogens with one attached hydrogen (secondary N) is 2. The van der Waals surface area contributed by atoms with Gasteiger partial charge >= 0.3 is 0 Å². The highest BCUT2D eigenvalue weighted by atomic mass is 35.5. The molecule has 1 aromatic heterocycles. The molecule has 0 unspecified atom stereocenters. The lowest BCUT2D eigenvalue weighted by Crippen LogP contribution is -2.29. The molecule has 0 saturated carbocycles. The largest absolute Gasteiger partial charge is 0.356 e. The fourth-order valence-electron chi connectivity index (χ4n) is 2.86. The first-order valence-electron chi connectivity index (χ1n) is 8.61. The Morgan fingerprint density at radius 2 is 2.00 bits per heavy atom. The van der Waals surface area contributed by atoms with Gasteiger partial charge in [-0.25, -0.2) is 9.37 Å². The normalized spacial score (nSPS) is 13.7. The fourth-order valence-corrected chi connectivity index (χ4v) is 3.11. The number of amides is 1. The number of aromatic nitrogens is 2. The van der Waals surface area contributed by atoms with Crippen molar-refractivity contribution in [3.8, 4) is 0 Å². The lowest BCUT2D eigenvalue weighted by atomic mass is 10.2. The lowest BCUT2D eigenvalue weighted by Gasteiger charge is -2.17. The average molecular weight is 378 g/mol. The number of halogens is 2.